The molecule has 3 N–H and O–H groups in total. The molecule has 7 heteroatoms. The molecular formula is C13H14BrN3O2S. The highest BCUT2D eigenvalue weighted by Gasteiger charge is 2.17. The molecule has 0 bridgehead atoms. The van der Waals surface area contributed by atoms with Gasteiger partial charge in [-0.1, -0.05) is 22.0 Å². The summed E-state index contributed by atoms with van der Waals surface area (Å²) >= 11 is 3.23. The molecule has 0 radical (unpaired) electrons. The molecule has 0 unspecified atom stereocenters. The van der Waals surface area contributed by atoms with Gasteiger partial charge in [-0.2, -0.15) is 0 Å². The average Bonchev–Trinajstić information content (AvgIpc) is 2.39. The summed E-state index contributed by atoms with van der Waals surface area (Å²) in [5, 5.41) is 0. The third-order valence-electron chi connectivity index (χ3n) is 2.65. The summed E-state index contributed by atoms with van der Waals surface area (Å²) < 4.78 is 27.6. The highest BCUT2D eigenvalue weighted by atomic mass is 79.9. The van der Waals surface area contributed by atoms with Crippen molar-refractivity contribution in [3.8, 4) is 0 Å². The molecule has 0 aliphatic rings. The summed E-state index contributed by atoms with van der Waals surface area (Å²) in [6.07, 6.45) is 0. The molecule has 20 heavy (non-hydrogen) atoms. The van der Waals surface area contributed by atoms with Gasteiger partial charge in [-0.3, -0.25) is 4.98 Å². The van der Waals surface area contributed by atoms with Gasteiger partial charge >= 0.3 is 0 Å². The standard InChI is InChI=1S/C13H14BrN3O2S/c1-9-3-2-4-11(17-9)8-16-20(18,19)13-7-10(14)5-6-12(13)15/h2-7,16H,8,15H2,1H3. The number of aryl methyl sites for hydroxylation is 1. The largest absolute Gasteiger partial charge is 0.398 e. The van der Waals surface area contributed by atoms with Gasteiger partial charge in [-0.15, -0.1) is 0 Å². The molecule has 0 fully saturated rings. The number of rotatable bonds is 4. The Morgan fingerprint density at radius 1 is 1.30 bits per heavy atom. The molecule has 0 atom stereocenters. The normalized spacial score (nSPS) is 11.5. The minimum Gasteiger partial charge on any atom is -0.398 e. The van der Waals surface area contributed by atoms with Crippen LogP contribution in [0.1, 0.15) is 11.4 Å². The van der Waals surface area contributed by atoms with Crippen molar-refractivity contribution >= 4 is 31.6 Å². The van der Waals surface area contributed by atoms with Crippen LogP contribution in [0, 0.1) is 6.92 Å². The number of aromatic nitrogens is 1. The van der Waals surface area contributed by atoms with Gasteiger partial charge in [-0.25, -0.2) is 13.1 Å². The fourth-order valence-corrected chi connectivity index (χ4v) is 3.35. The van der Waals surface area contributed by atoms with Gasteiger partial charge in [0.2, 0.25) is 10.0 Å². The van der Waals surface area contributed by atoms with Crippen molar-refractivity contribution in [2.24, 2.45) is 0 Å². The first-order valence-electron chi connectivity index (χ1n) is 5.86. The van der Waals surface area contributed by atoms with E-state index in [1.54, 1.807) is 18.2 Å². The van der Waals surface area contributed by atoms with E-state index < -0.39 is 10.0 Å². The zero-order chi connectivity index (χ0) is 14.8. The number of halogens is 1. The van der Waals surface area contributed by atoms with E-state index in [-0.39, 0.29) is 17.1 Å². The number of sulfonamides is 1. The second kappa shape index (κ2) is 5.90. The molecule has 0 saturated carbocycles. The molecule has 1 heterocycles. The van der Waals surface area contributed by atoms with Gasteiger partial charge in [0.25, 0.3) is 0 Å². The minimum absolute atomic E-state index is 0.0551. The maximum atomic E-state index is 12.2. The molecule has 2 rings (SSSR count). The number of anilines is 1. The lowest BCUT2D eigenvalue weighted by molar-refractivity contribution is 0.580. The van der Waals surface area contributed by atoms with E-state index in [4.69, 9.17) is 5.73 Å². The lowest BCUT2D eigenvalue weighted by Gasteiger charge is -2.09. The van der Waals surface area contributed by atoms with Gasteiger partial charge in [0.05, 0.1) is 17.9 Å². The number of nitrogen functional groups attached to an aromatic ring is 1. The first-order chi connectivity index (χ1) is 9.38. The number of pyridine rings is 1. The van der Waals surface area contributed by atoms with Crippen LogP contribution in [0.3, 0.4) is 0 Å². The van der Waals surface area contributed by atoms with Gasteiger partial charge in [0.1, 0.15) is 4.90 Å². The minimum atomic E-state index is -3.67. The van der Waals surface area contributed by atoms with Crippen LogP contribution in [-0.4, -0.2) is 13.4 Å². The van der Waals surface area contributed by atoms with Gasteiger partial charge in [0, 0.05) is 10.2 Å². The van der Waals surface area contributed by atoms with Crippen molar-refractivity contribution in [1.29, 1.82) is 0 Å². The van der Waals surface area contributed by atoms with E-state index in [0.29, 0.717) is 10.2 Å². The number of benzene rings is 1. The topological polar surface area (TPSA) is 85.1 Å². The number of nitrogens with two attached hydrogens (primary N) is 1. The van der Waals surface area contributed by atoms with Crippen molar-refractivity contribution in [2.75, 3.05) is 5.73 Å². The summed E-state index contributed by atoms with van der Waals surface area (Å²) in [6, 6.07) is 10.2. The summed E-state index contributed by atoms with van der Waals surface area (Å²) in [5.41, 5.74) is 7.41. The predicted molar refractivity (Wildman–Crippen MR) is 81.6 cm³/mol. The second-order valence-corrected chi connectivity index (χ2v) is 6.93. The van der Waals surface area contributed by atoms with Gasteiger partial charge in [0.15, 0.2) is 0 Å². The Hall–Kier alpha value is -1.44. The Morgan fingerprint density at radius 3 is 2.75 bits per heavy atom. The molecule has 0 saturated heterocycles. The molecule has 1 aromatic heterocycles. The molecular weight excluding hydrogens is 342 g/mol. The van der Waals surface area contributed by atoms with Gasteiger partial charge in [-0.05, 0) is 37.3 Å². The Bertz CT molecular complexity index is 732. The van der Waals surface area contributed by atoms with Crippen LogP contribution in [0.15, 0.2) is 45.8 Å². The van der Waals surface area contributed by atoms with E-state index in [1.807, 2.05) is 19.1 Å². The van der Waals surface area contributed by atoms with Crippen molar-refractivity contribution < 1.29 is 8.42 Å². The quantitative estimate of drug-likeness (QED) is 0.823. The third kappa shape index (κ3) is 3.56. The Kier molecular flexibility index (Phi) is 4.42. The van der Waals surface area contributed by atoms with E-state index >= 15 is 0 Å². The van der Waals surface area contributed by atoms with E-state index in [9.17, 15) is 8.42 Å². The molecule has 0 spiro atoms. The average molecular weight is 356 g/mol. The highest BCUT2D eigenvalue weighted by molar-refractivity contribution is 9.10. The summed E-state index contributed by atoms with van der Waals surface area (Å²) in [7, 11) is -3.67. The van der Waals surface area contributed by atoms with Crippen molar-refractivity contribution in [2.45, 2.75) is 18.4 Å². The summed E-state index contributed by atoms with van der Waals surface area (Å²) in [4.78, 5) is 4.30. The Morgan fingerprint density at radius 2 is 2.05 bits per heavy atom. The first kappa shape index (κ1) is 15.0. The number of nitrogens with one attached hydrogen (secondary N) is 1. The predicted octanol–water partition coefficient (Wildman–Crippen LogP) is 2.21. The zero-order valence-electron chi connectivity index (χ0n) is 10.8. The molecule has 0 aliphatic heterocycles. The fraction of sp³-hybridized carbons (Fsp3) is 0.154. The zero-order valence-corrected chi connectivity index (χ0v) is 13.2. The molecule has 2 aromatic rings. The maximum Gasteiger partial charge on any atom is 0.243 e. The molecule has 5 nitrogen and oxygen atoms in total. The summed E-state index contributed by atoms with van der Waals surface area (Å²) in [6.45, 7) is 1.97. The highest BCUT2D eigenvalue weighted by Crippen LogP contribution is 2.22. The van der Waals surface area contributed by atoms with Crippen molar-refractivity contribution in [1.82, 2.24) is 9.71 Å². The van der Waals surface area contributed by atoms with Crippen LogP contribution in [0.2, 0.25) is 0 Å². The van der Waals surface area contributed by atoms with E-state index in [0.717, 1.165) is 5.69 Å². The monoisotopic (exact) mass is 355 g/mol. The van der Waals surface area contributed by atoms with Crippen LogP contribution in [0.4, 0.5) is 5.69 Å². The number of hydrogen-bond acceptors (Lipinski definition) is 4. The van der Waals surface area contributed by atoms with Crippen LogP contribution in [-0.2, 0) is 16.6 Å². The molecule has 106 valence electrons. The second-order valence-electron chi connectivity index (χ2n) is 4.28. The smallest absolute Gasteiger partial charge is 0.243 e. The van der Waals surface area contributed by atoms with Crippen molar-refractivity contribution in [3.63, 3.8) is 0 Å². The summed E-state index contributed by atoms with van der Waals surface area (Å²) in [5.74, 6) is 0. The van der Waals surface area contributed by atoms with Crippen molar-refractivity contribution in [3.05, 3.63) is 52.3 Å². The Labute approximate surface area is 126 Å². The maximum absolute atomic E-state index is 12.2. The Balaban J connectivity index is 2.21. The molecule has 0 amide bonds. The molecule has 0 aliphatic carbocycles. The lowest BCUT2D eigenvalue weighted by atomic mass is 10.3. The first-order valence-corrected chi connectivity index (χ1v) is 8.13. The third-order valence-corrected chi connectivity index (χ3v) is 4.60. The fourth-order valence-electron chi connectivity index (χ4n) is 1.69. The van der Waals surface area contributed by atoms with Crippen LogP contribution in [0.25, 0.3) is 0 Å². The SMILES string of the molecule is Cc1cccc(CNS(=O)(=O)c2cc(Br)ccc2N)n1. The van der Waals surface area contributed by atoms with E-state index in [2.05, 4.69) is 25.6 Å². The number of nitrogens with zero attached hydrogens (tertiary/aromatic N) is 1. The van der Waals surface area contributed by atoms with Crippen LogP contribution >= 0.6 is 15.9 Å². The van der Waals surface area contributed by atoms with E-state index in [1.165, 1.54) is 6.07 Å². The van der Waals surface area contributed by atoms with Crippen LogP contribution in [0.5, 0.6) is 0 Å². The molecule has 1 aromatic carbocycles. The van der Waals surface area contributed by atoms with Gasteiger partial charge < -0.3 is 5.73 Å². The van der Waals surface area contributed by atoms with Crippen LogP contribution < -0.4 is 10.5 Å². The lowest BCUT2D eigenvalue weighted by Crippen LogP contribution is -2.24. The number of hydrogen-bond donors (Lipinski definition) is 2.